The van der Waals surface area contributed by atoms with E-state index in [1.54, 1.807) is 20.8 Å². The number of hydrogen-bond donors (Lipinski definition) is 2. The maximum absolute atomic E-state index is 12.6. The molecule has 0 radical (unpaired) electrons. The van der Waals surface area contributed by atoms with Gasteiger partial charge < -0.3 is 19.7 Å². The summed E-state index contributed by atoms with van der Waals surface area (Å²) in [6, 6.07) is 12.4. The molecule has 1 unspecified atom stereocenters. The van der Waals surface area contributed by atoms with E-state index in [2.05, 4.69) is 54.4 Å². The molecular weight excluding hydrogens is 582 g/mol. The summed E-state index contributed by atoms with van der Waals surface area (Å²) >= 11 is 0. The van der Waals surface area contributed by atoms with Gasteiger partial charge in [0.15, 0.2) is 0 Å². The molecule has 2 N–H and O–H groups in total. The number of rotatable bonds is 5. The maximum atomic E-state index is 12.6. The molecule has 11 nitrogen and oxygen atoms in total. The standard InChI is InChI=1S/C35H49N7O4/c1-34(2,3)30-24(15-12-20-40(30)31(38-32(43)44)42(33(45)46)35(4,5)6)21-41-26-17-9-8-16-25(26)37-28(41)22-39(7)27-18-10-13-23-14-11-19-36-29(23)27/h8-9,11,14,16-17,19,24,27,30H,10,12-13,15,18,20-22H2,1-7H3,(H,43,44)(H,45,46)/t24-,27+,30?/m1/s1. The zero-order valence-electron chi connectivity index (χ0n) is 28.3. The summed E-state index contributed by atoms with van der Waals surface area (Å²) in [6.07, 6.45) is 4.15. The quantitative estimate of drug-likeness (QED) is 0.230. The van der Waals surface area contributed by atoms with Crippen molar-refractivity contribution >= 4 is 29.2 Å². The Kier molecular flexibility index (Phi) is 9.45. The lowest BCUT2D eigenvalue weighted by Crippen LogP contribution is -2.63. The summed E-state index contributed by atoms with van der Waals surface area (Å²) in [5, 5.41) is 20.1. The van der Waals surface area contributed by atoms with E-state index in [4.69, 9.17) is 9.97 Å². The van der Waals surface area contributed by atoms with Gasteiger partial charge in [-0.1, -0.05) is 39.0 Å². The number of benzene rings is 1. The molecule has 2 amide bonds. The zero-order valence-corrected chi connectivity index (χ0v) is 28.3. The summed E-state index contributed by atoms with van der Waals surface area (Å²) < 4.78 is 2.33. The second-order valence-electron chi connectivity index (χ2n) is 14.9. The van der Waals surface area contributed by atoms with Gasteiger partial charge in [0.2, 0.25) is 5.96 Å². The minimum absolute atomic E-state index is 0.0314. The van der Waals surface area contributed by atoms with Crippen LogP contribution in [0.15, 0.2) is 47.6 Å². The highest BCUT2D eigenvalue weighted by atomic mass is 16.4. The average molecular weight is 632 g/mol. The lowest BCUT2D eigenvalue weighted by Gasteiger charge is -2.51. The molecule has 11 heteroatoms. The van der Waals surface area contributed by atoms with Crippen molar-refractivity contribution < 1.29 is 19.8 Å². The molecule has 2 aliphatic rings. The second-order valence-corrected chi connectivity index (χ2v) is 14.9. The van der Waals surface area contributed by atoms with Crippen LogP contribution in [-0.2, 0) is 19.5 Å². The Morgan fingerprint density at radius 2 is 1.76 bits per heavy atom. The Morgan fingerprint density at radius 3 is 2.43 bits per heavy atom. The van der Waals surface area contributed by atoms with Crippen molar-refractivity contribution in [2.75, 3.05) is 13.6 Å². The fraction of sp³-hybridized carbons (Fsp3) is 0.571. The van der Waals surface area contributed by atoms with E-state index in [9.17, 15) is 19.8 Å². The van der Waals surface area contributed by atoms with Gasteiger partial charge in [0.05, 0.1) is 29.3 Å². The maximum Gasteiger partial charge on any atom is 0.434 e. The van der Waals surface area contributed by atoms with Gasteiger partial charge in [0.1, 0.15) is 5.82 Å². The van der Waals surface area contributed by atoms with Crippen LogP contribution in [-0.4, -0.2) is 82.8 Å². The topological polar surface area (TPSA) is 127 Å². The van der Waals surface area contributed by atoms with Gasteiger partial charge >= 0.3 is 12.2 Å². The molecule has 1 aliphatic carbocycles. The lowest BCUT2D eigenvalue weighted by atomic mass is 9.74. The number of pyridine rings is 1. The number of imidazole rings is 1. The van der Waals surface area contributed by atoms with Crippen LogP contribution < -0.4 is 0 Å². The van der Waals surface area contributed by atoms with E-state index in [1.165, 1.54) is 5.56 Å². The molecule has 1 saturated heterocycles. The molecule has 1 fully saturated rings. The molecule has 3 heterocycles. The molecule has 0 bridgehead atoms. The van der Waals surface area contributed by atoms with E-state index in [-0.39, 0.29) is 29.4 Å². The molecule has 0 spiro atoms. The first-order valence-corrected chi connectivity index (χ1v) is 16.4. The number of para-hydroxylation sites is 2. The van der Waals surface area contributed by atoms with Crippen LogP contribution in [0.4, 0.5) is 9.59 Å². The molecule has 1 aromatic carbocycles. The Labute approximate surface area is 271 Å². The SMILES string of the molecule is CN(Cc1nc2ccccc2n1C[C@H]1CCCN(C(=NC(=O)O)N(C(=O)O)C(C)(C)C)C1C(C)(C)C)[C@H]1CCCc2cccnc21. The summed E-state index contributed by atoms with van der Waals surface area (Å²) in [6.45, 7) is 13.5. The third-order valence-corrected chi connectivity index (χ3v) is 9.40. The number of aryl methyl sites for hydroxylation is 1. The lowest BCUT2D eigenvalue weighted by molar-refractivity contribution is 0.0421. The Bertz CT molecular complexity index is 1600. The smallest absolute Gasteiger partial charge is 0.434 e. The molecular formula is C35H49N7O4. The highest BCUT2D eigenvalue weighted by Crippen LogP contribution is 2.40. The van der Waals surface area contributed by atoms with Crippen LogP contribution in [0.25, 0.3) is 11.0 Å². The number of aromatic nitrogens is 3. The van der Waals surface area contributed by atoms with Crippen molar-refractivity contribution in [2.24, 2.45) is 16.3 Å². The summed E-state index contributed by atoms with van der Waals surface area (Å²) in [7, 11) is 2.15. The molecule has 1 aliphatic heterocycles. The Balaban J connectivity index is 1.53. The number of carboxylic acid groups (broad SMARTS) is 2. The van der Waals surface area contributed by atoms with Gasteiger partial charge in [0.25, 0.3) is 0 Å². The van der Waals surface area contributed by atoms with Gasteiger partial charge in [-0.05, 0) is 95.0 Å². The largest absolute Gasteiger partial charge is 0.465 e. The van der Waals surface area contributed by atoms with Crippen LogP contribution >= 0.6 is 0 Å². The summed E-state index contributed by atoms with van der Waals surface area (Å²) in [4.78, 5) is 43.9. The van der Waals surface area contributed by atoms with Crippen LogP contribution in [0.1, 0.15) is 90.3 Å². The van der Waals surface area contributed by atoms with Crippen molar-refractivity contribution in [3.05, 3.63) is 59.7 Å². The van der Waals surface area contributed by atoms with Gasteiger partial charge in [-0.3, -0.25) is 9.88 Å². The van der Waals surface area contributed by atoms with Crippen LogP contribution in [0.3, 0.4) is 0 Å². The normalized spacial score (nSPS) is 21.0. The first-order chi connectivity index (χ1) is 21.7. The van der Waals surface area contributed by atoms with Crippen molar-refractivity contribution in [2.45, 2.75) is 104 Å². The highest BCUT2D eigenvalue weighted by molar-refractivity contribution is 5.99. The van der Waals surface area contributed by atoms with Crippen LogP contribution in [0, 0.1) is 11.3 Å². The number of piperidine rings is 1. The van der Waals surface area contributed by atoms with Crippen LogP contribution in [0.2, 0.25) is 0 Å². The van der Waals surface area contributed by atoms with Gasteiger partial charge in [-0.2, -0.15) is 0 Å². The minimum atomic E-state index is -1.41. The van der Waals surface area contributed by atoms with E-state index in [0.29, 0.717) is 19.6 Å². The summed E-state index contributed by atoms with van der Waals surface area (Å²) in [5.41, 5.74) is 3.24. The summed E-state index contributed by atoms with van der Waals surface area (Å²) in [5.74, 6) is 1.01. The number of carbonyl (C=O) groups is 2. The van der Waals surface area contributed by atoms with Crippen molar-refractivity contribution in [1.29, 1.82) is 0 Å². The third kappa shape index (κ3) is 6.89. The van der Waals surface area contributed by atoms with E-state index in [0.717, 1.165) is 59.6 Å². The Morgan fingerprint density at radius 1 is 1.02 bits per heavy atom. The predicted octanol–water partition coefficient (Wildman–Crippen LogP) is 6.88. The molecule has 2 aromatic heterocycles. The average Bonchev–Trinajstić information content (AvgIpc) is 3.31. The van der Waals surface area contributed by atoms with Crippen molar-refractivity contribution in [1.82, 2.24) is 29.2 Å². The molecule has 248 valence electrons. The van der Waals surface area contributed by atoms with Gasteiger partial charge in [-0.25, -0.2) is 19.5 Å². The number of aliphatic imine (C=N–C) groups is 1. The minimum Gasteiger partial charge on any atom is -0.465 e. The first kappa shape index (κ1) is 33.4. The molecule has 0 saturated carbocycles. The first-order valence-electron chi connectivity index (χ1n) is 16.4. The van der Waals surface area contributed by atoms with E-state index >= 15 is 0 Å². The number of guanidine groups is 1. The number of hydrogen-bond acceptors (Lipinski definition) is 5. The van der Waals surface area contributed by atoms with Gasteiger partial charge in [0, 0.05) is 30.9 Å². The molecule has 3 aromatic rings. The van der Waals surface area contributed by atoms with E-state index in [1.807, 2.05) is 35.4 Å². The zero-order chi connectivity index (χ0) is 33.4. The number of nitrogens with zero attached hydrogens (tertiary/aromatic N) is 7. The fourth-order valence-corrected chi connectivity index (χ4v) is 7.70. The predicted molar refractivity (Wildman–Crippen MR) is 179 cm³/mol. The fourth-order valence-electron chi connectivity index (χ4n) is 7.70. The number of fused-ring (bicyclic) bond motifs is 2. The highest BCUT2D eigenvalue weighted by Gasteiger charge is 2.45. The third-order valence-electron chi connectivity index (χ3n) is 9.40. The van der Waals surface area contributed by atoms with Crippen molar-refractivity contribution in [3.8, 4) is 0 Å². The van der Waals surface area contributed by atoms with Crippen molar-refractivity contribution in [3.63, 3.8) is 0 Å². The van der Waals surface area contributed by atoms with Crippen LogP contribution in [0.5, 0.6) is 0 Å². The molecule has 5 rings (SSSR count). The molecule has 3 atom stereocenters. The number of likely N-dealkylation sites (tertiary alicyclic amines) is 1. The Hall–Kier alpha value is -3.99. The van der Waals surface area contributed by atoms with E-state index < -0.39 is 17.7 Å². The molecule has 46 heavy (non-hydrogen) atoms. The number of amides is 2. The van der Waals surface area contributed by atoms with Gasteiger partial charge in [-0.15, -0.1) is 4.99 Å². The monoisotopic (exact) mass is 631 g/mol. The second kappa shape index (κ2) is 13.0.